The minimum absolute atomic E-state index is 0.157. The van der Waals surface area contributed by atoms with E-state index in [0.29, 0.717) is 35.9 Å². The lowest BCUT2D eigenvalue weighted by molar-refractivity contribution is -0.116. The summed E-state index contributed by atoms with van der Waals surface area (Å²) in [5.41, 5.74) is 2.00. The molecule has 156 valence electrons. The number of halogens is 1. The molecule has 0 aliphatic heterocycles. The van der Waals surface area contributed by atoms with Crippen molar-refractivity contribution in [1.82, 2.24) is 4.98 Å². The molecule has 0 saturated carbocycles. The van der Waals surface area contributed by atoms with Crippen molar-refractivity contribution in [3.63, 3.8) is 0 Å². The molecule has 1 aromatic heterocycles. The molecule has 7 heteroatoms. The minimum Gasteiger partial charge on any atom is -0.462 e. The van der Waals surface area contributed by atoms with Gasteiger partial charge in [-0.05, 0) is 42.8 Å². The van der Waals surface area contributed by atoms with Gasteiger partial charge in [-0.25, -0.2) is 9.78 Å². The first-order valence-corrected chi connectivity index (χ1v) is 10.6. The maximum absolute atomic E-state index is 12.2. The Morgan fingerprint density at radius 3 is 2.70 bits per heavy atom. The molecule has 2 aromatic carbocycles. The third kappa shape index (κ3) is 6.29. The van der Waals surface area contributed by atoms with E-state index < -0.39 is 0 Å². The number of amides is 1. The van der Waals surface area contributed by atoms with Gasteiger partial charge in [0.2, 0.25) is 5.91 Å². The van der Waals surface area contributed by atoms with E-state index in [-0.39, 0.29) is 18.3 Å². The van der Waals surface area contributed by atoms with Crippen molar-refractivity contribution in [3.05, 3.63) is 70.7 Å². The largest absolute Gasteiger partial charge is 0.462 e. The van der Waals surface area contributed by atoms with Crippen molar-refractivity contribution in [2.75, 3.05) is 11.9 Å². The molecule has 1 heterocycles. The summed E-state index contributed by atoms with van der Waals surface area (Å²) in [5.74, 6) is 0.653. The van der Waals surface area contributed by atoms with E-state index in [4.69, 9.17) is 9.15 Å². The average molecular weight is 471 g/mol. The number of oxazole rings is 1. The number of aryl methyl sites for hydroxylation is 1. The van der Waals surface area contributed by atoms with Crippen LogP contribution in [0.5, 0.6) is 0 Å². The zero-order valence-electron chi connectivity index (χ0n) is 16.7. The van der Waals surface area contributed by atoms with Gasteiger partial charge in [0.05, 0.1) is 18.4 Å². The molecule has 0 spiro atoms. The third-order valence-corrected chi connectivity index (χ3v) is 4.86. The molecule has 0 atom stereocenters. The van der Waals surface area contributed by atoms with Crippen molar-refractivity contribution in [2.24, 2.45) is 0 Å². The molecule has 3 rings (SSSR count). The monoisotopic (exact) mass is 470 g/mol. The quantitative estimate of drug-likeness (QED) is 0.323. The Morgan fingerprint density at radius 2 is 1.97 bits per heavy atom. The van der Waals surface area contributed by atoms with Crippen LogP contribution in [0.4, 0.5) is 5.69 Å². The number of hydrogen-bond acceptors (Lipinski definition) is 5. The molecule has 0 bridgehead atoms. The van der Waals surface area contributed by atoms with Gasteiger partial charge in [0, 0.05) is 28.6 Å². The van der Waals surface area contributed by atoms with Crippen LogP contribution in [0.2, 0.25) is 0 Å². The second kappa shape index (κ2) is 10.7. The van der Waals surface area contributed by atoms with Crippen LogP contribution in [-0.4, -0.2) is 23.5 Å². The highest BCUT2D eigenvalue weighted by Gasteiger charge is 2.11. The Hall–Kier alpha value is -2.93. The number of hydrogen-bond donors (Lipinski definition) is 1. The van der Waals surface area contributed by atoms with Gasteiger partial charge in [-0.2, -0.15) is 0 Å². The van der Waals surface area contributed by atoms with E-state index in [9.17, 15) is 9.59 Å². The number of nitrogens with one attached hydrogen (secondary N) is 1. The fourth-order valence-electron chi connectivity index (χ4n) is 2.73. The lowest BCUT2D eigenvalue weighted by Crippen LogP contribution is -2.12. The van der Waals surface area contributed by atoms with Gasteiger partial charge in [0.15, 0.2) is 11.7 Å². The van der Waals surface area contributed by atoms with Crippen LogP contribution >= 0.6 is 15.9 Å². The van der Waals surface area contributed by atoms with Gasteiger partial charge in [0.25, 0.3) is 0 Å². The standard InChI is InChI=1S/C23H23BrN2O4/c1-2-3-13-29-23(28)16-7-9-19(10-8-16)26-21(27)11-12-22-25-15-20(30-22)17-5-4-6-18(24)14-17/h4-10,14-15H,2-3,11-13H2,1H3,(H,26,27). The number of benzene rings is 2. The van der Waals surface area contributed by atoms with E-state index in [1.807, 2.05) is 31.2 Å². The number of ether oxygens (including phenoxy) is 1. The lowest BCUT2D eigenvalue weighted by atomic mass is 10.2. The summed E-state index contributed by atoms with van der Waals surface area (Å²) in [4.78, 5) is 28.4. The molecular formula is C23H23BrN2O4. The van der Waals surface area contributed by atoms with Gasteiger partial charge in [-0.3, -0.25) is 4.79 Å². The smallest absolute Gasteiger partial charge is 0.338 e. The molecule has 0 radical (unpaired) electrons. The summed E-state index contributed by atoms with van der Waals surface area (Å²) >= 11 is 3.43. The SMILES string of the molecule is CCCCOC(=O)c1ccc(NC(=O)CCc2ncc(-c3cccc(Br)c3)o2)cc1. The molecule has 0 saturated heterocycles. The van der Waals surface area contributed by atoms with E-state index in [0.717, 1.165) is 22.9 Å². The highest BCUT2D eigenvalue weighted by molar-refractivity contribution is 9.10. The summed E-state index contributed by atoms with van der Waals surface area (Å²) in [6.45, 7) is 2.45. The number of nitrogens with zero attached hydrogens (tertiary/aromatic N) is 1. The van der Waals surface area contributed by atoms with Crippen LogP contribution in [0.15, 0.2) is 63.6 Å². The van der Waals surface area contributed by atoms with Crippen LogP contribution in [0.3, 0.4) is 0 Å². The minimum atomic E-state index is -0.355. The van der Waals surface area contributed by atoms with Crippen LogP contribution in [-0.2, 0) is 16.0 Å². The van der Waals surface area contributed by atoms with E-state index in [1.54, 1.807) is 30.5 Å². The molecule has 0 aliphatic rings. The molecule has 6 nitrogen and oxygen atoms in total. The second-order valence-corrected chi connectivity index (χ2v) is 7.66. The van der Waals surface area contributed by atoms with E-state index >= 15 is 0 Å². The molecule has 0 fully saturated rings. The Balaban J connectivity index is 1.48. The molecule has 30 heavy (non-hydrogen) atoms. The Bertz CT molecular complexity index is 998. The van der Waals surface area contributed by atoms with Crippen molar-refractivity contribution >= 4 is 33.5 Å². The number of carbonyl (C=O) groups is 2. The number of unbranched alkanes of at least 4 members (excludes halogenated alkanes) is 1. The molecule has 1 N–H and O–H groups in total. The van der Waals surface area contributed by atoms with Gasteiger partial charge in [0.1, 0.15) is 0 Å². The lowest BCUT2D eigenvalue weighted by Gasteiger charge is -2.07. The third-order valence-electron chi connectivity index (χ3n) is 4.36. The summed E-state index contributed by atoms with van der Waals surface area (Å²) < 4.78 is 11.9. The van der Waals surface area contributed by atoms with E-state index in [1.165, 1.54) is 0 Å². The average Bonchev–Trinajstić information content (AvgIpc) is 3.22. The predicted molar refractivity (Wildman–Crippen MR) is 118 cm³/mol. The van der Waals surface area contributed by atoms with Crippen LogP contribution < -0.4 is 5.32 Å². The highest BCUT2D eigenvalue weighted by atomic mass is 79.9. The summed E-state index contributed by atoms with van der Waals surface area (Å²) in [6.07, 6.45) is 4.10. The molecule has 1 amide bonds. The zero-order chi connectivity index (χ0) is 21.3. The molecule has 0 aliphatic carbocycles. The van der Waals surface area contributed by atoms with Gasteiger partial charge < -0.3 is 14.5 Å². The number of esters is 1. The number of carbonyl (C=O) groups excluding carboxylic acids is 2. The summed E-state index contributed by atoms with van der Waals surface area (Å²) in [7, 11) is 0. The Labute approximate surface area is 183 Å². The van der Waals surface area contributed by atoms with Crippen molar-refractivity contribution in [1.29, 1.82) is 0 Å². The maximum Gasteiger partial charge on any atom is 0.338 e. The fourth-order valence-corrected chi connectivity index (χ4v) is 3.13. The number of rotatable bonds is 9. The van der Waals surface area contributed by atoms with Gasteiger partial charge in [-0.15, -0.1) is 0 Å². The Morgan fingerprint density at radius 1 is 1.17 bits per heavy atom. The zero-order valence-corrected chi connectivity index (χ0v) is 18.3. The fraction of sp³-hybridized carbons (Fsp3) is 0.261. The second-order valence-electron chi connectivity index (χ2n) is 6.74. The molecule has 3 aromatic rings. The first kappa shape index (κ1) is 21.8. The van der Waals surface area contributed by atoms with Crippen LogP contribution in [0.1, 0.15) is 42.4 Å². The number of anilines is 1. The highest BCUT2D eigenvalue weighted by Crippen LogP contribution is 2.24. The molecule has 0 unspecified atom stereocenters. The van der Waals surface area contributed by atoms with Gasteiger partial charge in [-0.1, -0.05) is 41.4 Å². The topological polar surface area (TPSA) is 81.4 Å². The Kier molecular flexibility index (Phi) is 7.79. The normalized spacial score (nSPS) is 10.6. The van der Waals surface area contributed by atoms with Crippen molar-refractivity contribution in [2.45, 2.75) is 32.6 Å². The maximum atomic E-state index is 12.2. The molecular weight excluding hydrogens is 448 g/mol. The first-order valence-electron chi connectivity index (χ1n) is 9.83. The van der Waals surface area contributed by atoms with Crippen molar-refractivity contribution < 1.29 is 18.7 Å². The van der Waals surface area contributed by atoms with Crippen molar-refractivity contribution in [3.8, 4) is 11.3 Å². The predicted octanol–water partition coefficient (Wildman–Crippen LogP) is 5.63. The first-order chi connectivity index (χ1) is 14.5. The summed E-state index contributed by atoms with van der Waals surface area (Å²) in [5, 5.41) is 2.81. The van der Waals surface area contributed by atoms with Gasteiger partial charge >= 0.3 is 5.97 Å². The number of aromatic nitrogens is 1. The van der Waals surface area contributed by atoms with Crippen LogP contribution in [0.25, 0.3) is 11.3 Å². The van der Waals surface area contributed by atoms with Crippen LogP contribution in [0, 0.1) is 0 Å². The van der Waals surface area contributed by atoms with E-state index in [2.05, 4.69) is 26.2 Å². The summed E-state index contributed by atoms with van der Waals surface area (Å²) in [6, 6.07) is 14.4.